The second-order valence-electron chi connectivity index (χ2n) is 8.20. The molecular weight excluding hydrogens is 326 g/mol. The van der Waals surface area contributed by atoms with Gasteiger partial charge in [-0.05, 0) is 49.7 Å². The minimum atomic E-state index is 0.110. The molecule has 3 aliphatic rings. The van der Waals surface area contributed by atoms with Crippen LogP contribution in [-0.4, -0.2) is 61.3 Å². The number of amides is 2. The van der Waals surface area contributed by atoms with E-state index >= 15 is 0 Å². The van der Waals surface area contributed by atoms with Gasteiger partial charge in [0.2, 0.25) is 0 Å². The number of carbonyl (C=O) groups is 1. The fourth-order valence-electron chi connectivity index (χ4n) is 4.47. The van der Waals surface area contributed by atoms with Gasteiger partial charge in [-0.2, -0.15) is 0 Å². The second-order valence-corrected chi connectivity index (χ2v) is 8.20. The second kappa shape index (κ2) is 7.97. The van der Waals surface area contributed by atoms with Crippen LogP contribution in [0.2, 0.25) is 0 Å². The molecule has 142 valence electrons. The van der Waals surface area contributed by atoms with Crippen LogP contribution in [-0.2, 0) is 17.7 Å². The summed E-state index contributed by atoms with van der Waals surface area (Å²) in [6.45, 7) is 8.87. The number of hydrogen-bond donors (Lipinski definition) is 1. The summed E-state index contributed by atoms with van der Waals surface area (Å²) in [7, 11) is 0. The first-order valence-corrected chi connectivity index (χ1v) is 10.1. The summed E-state index contributed by atoms with van der Waals surface area (Å²) in [5.74, 6) is 0.707. The van der Waals surface area contributed by atoms with E-state index in [4.69, 9.17) is 4.74 Å². The highest BCUT2D eigenvalue weighted by atomic mass is 16.5. The molecule has 0 spiro atoms. The molecule has 0 saturated carbocycles. The van der Waals surface area contributed by atoms with Crippen LogP contribution in [0.1, 0.15) is 36.0 Å². The number of likely N-dealkylation sites (tertiary alicyclic amines) is 1. The molecule has 5 nitrogen and oxygen atoms in total. The summed E-state index contributed by atoms with van der Waals surface area (Å²) in [6.07, 6.45) is 4.28. The lowest BCUT2D eigenvalue weighted by Crippen LogP contribution is -2.50. The molecule has 0 aliphatic carbocycles. The number of fused-ring (bicyclic) bond motifs is 1. The maximum absolute atomic E-state index is 12.7. The Morgan fingerprint density at radius 3 is 2.81 bits per heavy atom. The van der Waals surface area contributed by atoms with Crippen molar-refractivity contribution < 1.29 is 9.53 Å². The Labute approximate surface area is 156 Å². The Morgan fingerprint density at radius 1 is 1.19 bits per heavy atom. The lowest BCUT2D eigenvalue weighted by molar-refractivity contribution is 0.143. The Balaban J connectivity index is 1.23. The van der Waals surface area contributed by atoms with E-state index in [2.05, 4.69) is 35.3 Å². The number of ether oxygens (including phenoxy) is 1. The van der Waals surface area contributed by atoms with Crippen LogP contribution < -0.4 is 5.32 Å². The van der Waals surface area contributed by atoms with Gasteiger partial charge in [0, 0.05) is 45.4 Å². The zero-order valence-electron chi connectivity index (χ0n) is 15.9. The molecule has 1 N–H and O–H groups in total. The Bertz CT molecular complexity index is 634. The monoisotopic (exact) mass is 357 g/mol. The largest absolute Gasteiger partial charge is 0.381 e. The van der Waals surface area contributed by atoms with Crippen LogP contribution in [0.5, 0.6) is 0 Å². The molecule has 1 atom stereocenters. The average molecular weight is 357 g/mol. The summed E-state index contributed by atoms with van der Waals surface area (Å²) in [5, 5.41) is 3.28. The standard InChI is InChI=1S/C21H31N3O2/c1-16-2-3-19-14-24(10-4-18(19)12-16)21(25)22-20-5-8-23(9-6-20)13-17-7-11-26-15-17/h2-3,12,17,20H,4-11,13-15H2,1H3,(H,22,25)/t17-/m0/s1. The molecule has 3 heterocycles. The third kappa shape index (κ3) is 4.21. The minimum absolute atomic E-state index is 0.110. The van der Waals surface area contributed by atoms with Gasteiger partial charge in [-0.1, -0.05) is 23.8 Å². The van der Waals surface area contributed by atoms with Crippen LogP contribution in [0, 0.1) is 12.8 Å². The van der Waals surface area contributed by atoms with Gasteiger partial charge in [0.25, 0.3) is 0 Å². The highest BCUT2D eigenvalue weighted by Crippen LogP contribution is 2.21. The van der Waals surface area contributed by atoms with E-state index in [0.717, 1.165) is 65.2 Å². The Kier molecular flexibility index (Phi) is 5.46. The van der Waals surface area contributed by atoms with Gasteiger partial charge in [-0.3, -0.25) is 0 Å². The fourth-order valence-corrected chi connectivity index (χ4v) is 4.47. The van der Waals surface area contributed by atoms with E-state index < -0.39 is 0 Å². The number of benzene rings is 1. The number of aryl methyl sites for hydroxylation is 1. The molecule has 0 aromatic heterocycles. The van der Waals surface area contributed by atoms with Crippen LogP contribution in [0.15, 0.2) is 18.2 Å². The van der Waals surface area contributed by atoms with Crippen molar-refractivity contribution in [2.75, 3.05) is 39.4 Å². The normalized spacial score (nSPS) is 24.5. The number of carbonyl (C=O) groups excluding carboxylic acids is 1. The third-order valence-electron chi connectivity index (χ3n) is 6.12. The van der Waals surface area contributed by atoms with Gasteiger partial charge < -0.3 is 19.9 Å². The van der Waals surface area contributed by atoms with Crippen molar-refractivity contribution in [3.8, 4) is 0 Å². The highest BCUT2D eigenvalue weighted by molar-refractivity contribution is 5.75. The van der Waals surface area contributed by atoms with E-state index in [1.54, 1.807) is 0 Å². The van der Waals surface area contributed by atoms with Crippen molar-refractivity contribution >= 4 is 6.03 Å². The zero-order chi connectivity index (χ0) is 17.9. The topological polar surface area (TPSA) is 44.8 Å². The predicted molar refractivity (Wildman–Crippen MR) is 102 cm³/mol. The fraction of sp³-hybridized carbons (Fsp3) is 0.667. The molecule has 2 amide bonds. The molecule has 1 aromatic carbocycles. The molecule has 26 heavy (non-hydrogen) atoms. The summed E-state index contributed by atoms with van der Waals surface area (Å²) < 4.78 is 5.48. The van der Waals surface area contributed by atoms with Crippen LogP contribution in [0.4, 0.5) is 4.79 Å². The van der Waals surface area contributed by atoms with Crippen molar-refractivity contribution in [2.45, 2.75) is 45.2 Å². The number of nitrogens with one attached hydrogen (secondary N) is 1. The molecule has 5 heteroatoms. The van der Waals surface area contributed by atoms with Gasteiger partial charge >= 0.3 is 6.03 Å². The van der Waals surface area contributed by atoms with Crippen LogP contribution >= 0.6 is 0 Å². The average Bonchev–Trinajstić information content (AvgIpc) is 3.16. The number of urea groups is 1. The lowest BCUT2D eigenvalue weighted by atomic mass is 9.98. The summed E-state index contributed by atoms with van der Waals surface area (Å²) in [6, 6.07) is 7.01. The molecule has 0 radical (unpaired) electrons. The molecule has 0 bridgehead atoms. The third-order valence-corrected chi connectivity index (χ3v) is 6.12. The molecule has 1 aromatic rings. The Hall–Kier alpha value is -1.59. The van der Waals surface area contributed by atoms with E-state index in [1.165, 1.54) is 23.1 Å². The number of nitrogens with zero attached hydrogens (tertiary/aromatic N) is 2. The SMILES string of the molecule is Cc1ccc2c(c1)CCN(C(=O)NC1CCN(C[C@@H]3CCOC3)CC1)C2. The van der Waals surface area contributed by atoms with Crippen molar-refractivity contribution in [1.82, 2.24) is 15.1 Å². The molecule has 2 fully saturated rings. The highest BCUT2D eigenvalue weighted by Gasteiger charge is 2.27. The molecule has 3 aliphatic heterocycles. The maximum Gasteiger partial charge on any atom is 0.317 e. The van der Waals surface area contributed by atoms with Crippen molar-refractivity contribution in [3.05, 3.63) is 34.9 Å². The van der Waals surface area contributed by atoms with E-state index in [0.29, 0.717) is 12.0 Å². The Morgan fingerprint density at radius 2 is 2.04 bits per heavy atom. The first-order valence-electron chi connectivity index (χ1n) is 10.1. The molecular formula is C21H31N3O2. The lowest BCUT2D eigenvalue weighted by Gasteiger charge is -2.35. The summed E-state index contributed by atoms with van der Waals surface area (Å²) in [5.41, 5.74) is 4.00. The first kappa shape index (κ1) is 17.8. The van der Waals surface area contributed by atoms with Crippen LogP contribution in [0.3, 0.4) is 0 Å². The van der Waals surface area contributed by atoms with Crippen LogP contribution in [0.25, 0.3) is 0 Å². The smallest absolute Gasteiger partial charge is 0.317 e. The van der Waals surface area contributed by atoms with Gasteiger partial charge in [0.1, 0.15) is 0 Å². The van der Waals surface area contributed by atoms with E-state index in [9.17, 15) is 4.79 Å². The quantitative estimate of drug-likeness (QED) is 0.904. The van der Waals surface area contributed by atoms with Crippen molar-refractivity contribution in [2.24, 2.45) is 5.92 Å². The molecule has 4 rings (SSSR count). The van der Waals surface area contributed by atoms with E-state index in [-0.39, 0.29) is 6.03 Å². The van der Waals surface area contributed by atoms with Gasteiger partial charge in [-0.25, -0.2) is 4.79 Å². The van der Waals surface area contributed by atoms with Gasteiger partial charge in [0.05, 0.1) is 6.61 Å². The maximum atomic E-state index is 12.7. The number of piperidine rings is 1. The number of hydrogen-bond acceptors (Lipinski definition) is 3. The first-order chi connectivity index (χ1) is 12.7. The van der Waals surface area contributed by atoms with Gasteiger partial charge in [-0.15, -0.1) is 0 Å². The zero-order valence-corrected chi connectivity index (χ0v) is 15.9. The number of rotatable bonds is 3. The summed E-state index contributed by atoms with van der Waals surface area (Å²) in [4.78, 5) is 17.2. The van der Waals surface area contributed by atoms with Gasteiger partial charge in [0.15, 0.2) is 0 Å². The minimum Gasteiger partial charge on any atom is -0.381 e. The predicted octanol–water partition coefficient (Wildman–Crippen LogP) is 2.56. The summed E-state index contributed by atoms with van der Waals surface area (Å²) >= 11 is 0. The van der Waals surface area contributed by atoms with E-state index in [1.807, 2.05) is 4.90 Å². The van der Waals surface area contributed by atoms with Crippen molar-refractivity contribution in [1.29, 1.82) is 0 Å². The van der Waals surface area contributed by atoms with Crippen molar-refractivity contribution in [3.63, 3.8) is 0 Å². The molecule has 2 saturated heterocycles. The molecule has 0 unspecified atom stereocenters.